The zero-order valence-electron chi connectivity index (χ0n) is 11.8. The zero-order chi connectivity index (χ0) is 16.8. The number of aromatic nitrogens is 3. The van der Waals surface area contributed by atoms with Gasteiger partial charge in [-0.1, -0.05) is 20.9 Å². The van der Waals surface area contributed by atoms with Crippen LogP contribution in [0.4, 0.5) is 5.95 Å². The molecule has 0 unspecified atom stereocenters. The number of hydrogen-bond acceptors (Lipinski definition) is 7. The van der Waals surface area contributed by atoms with Crippen molar-refractivity contribution in [2.24, 2.45) is 5.10 Å². The number of amides is 1. The molecule has 0 saturated heterocycles. The number of nitrogens with one attached hydrogen (secondary N) is 1. The van der Waals surface area contributed by atoms with Crippen molar-refractivity contribution >= 4 is 34.0 Å². The predicted molar refractivity (Wildman–Crippen MR) is 83.1 cm³/mol. The Morgan fingerprint density at radius 3 is 3.04 bits per heavy atom. The molecule has 0 fully saturated rings. The Morgan fingerprint density at radius 1 is 1.61 bits per heavy atom. The molecule has 0 bridgehead atoms. The lowest BCUT2D eigenvalue weighted by molar-refractivity contribution is -0.394. The maximum absolute atomic E-state index is 11.7. The minimum absolute atomic E-state index is 0.242. The van der Waals surface area contributed by atoms with E-state index in [4.69, 9.17) is 4.74 Å². The lowest BCUT2D eigenvalue weighted by atomic mass is 10.2. The van der Waals surface area contributed by atoms with Crippen LogP contribution >= 0.6 is 15.9 Å². The fourth-order valence-electron chi connectivity index (χ4n) is 1.61. The van der Waals surface area contributed by atoms with Gasteiger partial charge in [0.05, 0.1) is 13.3 Å². The third kappa shape index (κ3) is 4.57. The van der Waals surface area contributed by atoms with E-state index in [1.807, 2.05) is 6.07 Å². The van der Waals surface area contributed by atoms with Crippen LogP contribution in [0.15, 0.2) is 34.1 Å². The molecule has 1 aromatic heterocycles. The second-order valence-electron chi connectivity index (χ2n) is 4.18. The van der Waals surface area contributed by atoms with Crippen LogP contribution in [-0.2, 0) is 11.3 Å². The fourth-order valence-corrected chi connectivity index (χ4v) is 1.99. The van der Waals surface area contributed by atoms with Gasteiger partial charge < -0.3 is 14.9 Å². The van der Waals surface area contributed by atoms with Crippen LogP contribution in [0.2, 0.25) is 0 Å². The van der Waals surface area contributed by atoms with E-state index in [1.165, 1.54) is 13.3 Å². The summed E-state index contributed by atoms with van der Waals surface area (Å²) in [7, 11) is 1.52. The van der Waals surface area contributed by atoms with E-state index in [2.05, 4.69) is 36.5 Å². The molecule has 23 heavy (non-hydrogen) atoms. The van der Waals surface area contributed by atoms with E-state index < -0.39 is 16.8 Å². The Morgan fingerprint density at radius 2 is 2.39 bits per heavy atom. The van der Waals surface area contributed by atoms with Crippen LogP contribution in [0, 0.1) is 10.1 Å². The topological polar surface area (TPSA) is 125 Å². The van der Waals surface area contributed by atoms with Crippen molar-refractivity contribution < 1.29 is 14.5 Å². The smallest absolute Gasteiger partial charge is 0.490 e. The largest absolute Gasteiger partial charge is 0.496 e. The molecule has 11 heteroatoms. The van der Waals surface area contributed by atoms with E-state index in [1.54, 1.807) is 12.1 Å². The first-order valence-electron chi connectivity index (χ1n) is 6.19. The van der Waals surface area contributed by atoms with Gasteiger partial charge in [-0.15, -0.1) is 0 Å². The molecule has 0 aliphatic rings. The molecule has 0 spiro atoms. The van der Waals surface area contributed by atoms with Gasteiger partial charge in [0, 0.05) is 15.1 Å². The highest BCUT2D eigenvalue weighted by atomic mass is 79.9. The van der Waals surface area contributed by atoms with Gasteiger partial charge in [0.25, 0.3) is 5.91 Å². The molecule has 1 N–H and O–H groups in total. The second kappa shape index (κ2) is 7.45. The van der Waals surface area contributed by atoms with Gasteiger partial charge in [0.2, 0.25) is 6.33 Å². The van der Waals surface area contributed by atoms with Gasteiger partial charge in [0.15, 0.2) is 0 Å². The number of nitro groups is 1. The normalized spacial score (nSPS) is 10.7. The number of hydrazone groups is 1. The number of nitrogens with zero attached hydrogens (tertiary/aromatic N) is 5. The lowest BCUT2D eigenvalue weighted by Crippen LogP contribution is -2.23. The molecule has 1 heterocycles. The molecule has 2 aromatic rings. The Labute approximate surface area is 138 Å². The fraction of sp³-hybridized carbons (Fsp3) is 0.167. The summed E-state index contributed by atoms with van der Waals surface area (Å²) in [5, 5.41) is 17.8. The summed E-state index contributed by atoms with van der Waals surface area (Å²) >= 11 is 3.33. The SMILES string of the molecule is COc1ccc(Br)cc1C=NNC(=O)Cn1cnc([N+](=O)[O-])n1. The van der Waals surface area contributed by atoms with Gasteiger partial charge in [-0.25, -0.2) is 5.43 Å². The Balaban J connectivity index is 1.95. The van der Waals surface area contributed by atoms with Crippen LogP contribution in [0.5, 0.6) is 5.75 Å². The Hall–Kier alpha value is -2.82. The number of methoxy groups -OCH3 is 1. The Kier molecular flexibility index (Phi) is 5.36. The third-order valence-corrected chi connectivity index (χ3v) is 3.07. The maximum atomic E-state index is 11.7. The molecule has 10 nitrogen and oxygen atoms in total. The predicted octanol–water partition coefficient (Wildman–Crippen LogP) is 1.11. The van der Waals surface area contributed by atoms with Crippen molar-refractivity contribution in [2.75, 3.05) is 7.11 Å². The van der Waals surface area contributed by atoms with E-state index in [9.17, 15) is 14.9 Å². The van der Waals surface area contributed by atoms with Crippen LogP contribution in [0.3, 0.4) is 0 Å². The molecule has 0 atom stereocenters. The first-order valence-corrected chi connectivity index (χ1v) is 6.98. The summed E-state index contributed by atoms with van der Waals surface area (Å²) in [6.07, 6.45) is 2.52. The van der Waals surface area contributed by atoms with Crippen molar-refractivity contribution in [2.45, 2.75) is 6.54 Å². The molecule has 120 valence electrons. The summed E-state index contributed by atoms with van der Waals surface area (Å²) in [6, 6.07) is 5.34. The van der Waals surface area contributed by atoms with Crippen LogP contribution in [0.25, 0.3) is 0 Å². The van der Waals surface area contributed by atoms with Gasteiger partial charge in [-0.05, 0) is 23.1 Å². The number of halogens is 1. The van der Waals surface area contributed by atoms with Crippen LogP contribution in [-0.4, -0.2) is 38.9 Å². The Bertz CT molecular complexity index is 760. The maximum Gasteiger partial charge on any atom is 0.490 e. The summed E-state index contributed by atoms with van der Waals surface area (Å²) in [4.78, 5) is 24.8. The highest BCUT2D eigenvalue weighted by Crippen LogP contribution is 2.21. The first-order chi connectivity index (χ1) is 11.0. The van der Waals surface area contributed by atoms with Gasteiger partial charge in [-0.3, -0.25) is 4.79 Å². The van der Waals surface area contributed by atoms with E-state index in [0.29, 0.717) is 11.3 Å². The standard InChI is InChI=1S/C12H11BrN6O4/c1-23-10-3-2-9(13)4-8(10)5-15-16-11(20)6-18-7-14-12(17-18)19(21)22/h2-5,7H,6H2,1H3,(H,16,20). The quantitative estimate of drug-likeness (QED) is 0.453. The third-order valence-electron chi connectivity index (χ3n) is 2.58. The van der Waals surface area contributed by atoms with E-state index in [-0.39, 0.29) is 6.54 Å². The van der Waals surface area contributed by atoms with Crippen molar-refractivity contribution in [3.8, 4) is 5.75 Å². The van der Waals surface area contributed by atoms with E-state index in [0.717, 1.165) is 15.5 Å². The van der Waals surface area contributed by atoms with Crippen molar-refractivity contribution in [3.63, 3.8) is 0 Å². The average Bonchev–Trinajstić information content (AvgIpc) is 2.96. The van der Waals surface area contributed by atoms with Gasteiger partial charge >= 0.3 is 5.95 Å². The van der Waals surface area contributed by atoms with Gasteiger partial charge in [0.1, 0.15) is 12.3 Å². The number of ether oxygens (including phenoxy) is 1. The minimum atomic E-state index is -0.744. The second-order valence-corrected chi connectivity index (χ2v) is 5.09. The number of carbonyl (C=O) groups is 1. The molecule has 1 aromatic carbocycles. The van der Waals surface area contributed by atoms with Crippen molar-refractivity contribution in [1.29, 1.82) is 0 Å². The molecule has 0 aliphatic heterocycles. The van der Waals surface area contributed by atoms with Crippen LogP contribution in [0.1, 0.15) is 5.56 Å². The zero-order valence-corrected chi connectivity index (χ0v) is 13.4. The summed E-state index contributed by atoms with van der Waals surface area (Å²) < 4.78 is 7.05. The molecule has 1 amide bonds. The molecule has 2 rings (SSSR count). The molecule has 0 radical (unpaired) electrons. The minimum Gasteiger partial charge on any atom is -0.496 e. The summed E-state index contributed by atoms with van der Waals surface area (Å²) in [5.41, 5.74) is 2.96. The summed E-state index contributed by atoms with van der Waals surface area (Å²) in [6.45, 7) is -0.242. The molecular formula is C12H11BrN6O4. The number of carbonyl (C=O) groups excluding carboxylic acids is 1. The number of rotatable bonds is 6. The monoisotopic (exact) mass is 382 g/mol. The average molecular weight is 383 g/mol. The van der Waals surface area contributed by atoms with Crippen molar-refractivity contribution in [3.05, 3.63) is 44.7 Å². The molecule has 0 aliphatic carbocycles. The number of hydrogen-bond donors (Lipinski definition) is 1. The number of benzene rings is 1. The lowest BCUT2D eigenvalue weighted by Gasteiger charge is -2.04. The first kappa shape index (κ1) is 16.5. The molecular weight excluding hydrogens is 372 g/mol. The van der Waals surface area contributed by atoms with Gasteiger partial charge in [-0.2, -0.15) is 9.78 Å². The van der Waals surface area contributed by atoms with Crippen molar-refractivity contribution in [1.82, 2.24) is 20.2 Å². The molecule has 0 saturated carbocycles. The van der Waals surface area contributed by atoms with Crippen LogP contribution < -0.4 is 10.2 Å². The van der Waals surface area contributed by atoms with E-state index >= 15 is 0 Å². The highest BCUT2D eigenvalue weighted by molar-refractivity contribution is 9.10. The highest BCUT2D eigenvalue weighted by Gasteiger charge is 2.14. The summed E-state index contributed by atoms with van der Waals surface area (Å²) in [5.74, 6) is -0.478.